The summed E-state index contributed by atoms with van der Waals surface area (Å²) < 4.78 is 5.67. The third-order valence-corrected chi connectivity index (χ3v) is 2.66. The maximum atomic E-state index is 5.98. The van der Waals surface area contributed by atoms with Crippen LogP contribution in [0.15, 0.2) is 47.3 Å². The van der Waals surface area contributed by atoms with Crippen molar-refractivity contribution in [2.45, 2.75) is 0 Å². The third kappa shape index (κ3) is 1.46. The number of halogens is 1. The molecule has 3 nitrogen and oxygen atoms in total. The molecule has 78 valence electrons. The predicted molar refractivity (Wildman–Crippen MR) is 62.3 cm³/mol. The van der Waals surface area contributed by atoms with Crippen LogP contribution in [0.2, 0.25) is 5.15 Å². The molecule has 0 saturated heterocycles. The fraction of sp³-hybridized carbons (Fsp3) is 0. The van der Waals surface area contributed by atoms with Crippen LogP contribution in [0.1, 0.15) is 0 Å². The smallest absolute Gasteiger partial charge is 0.143 e. The molecule has 2 aromatic heterocycles. The van der Waals surface area contributed by atoms with E-state index >= 15 is 0 Å². The Morgan fingerprint density at radius 1 is 1.19 bits per heavy atom. The van der Waals surface area contributed by atoms with Gasteiger partial charge in [-0.2, -0.15) is 0 Å². The van der Waals surface area contributed by atoms with E-state index in [4.69, 9.17) is 16.0 Å². The standard InChI is InChI=1S/C12H7ClN2O/c13-12-9(6-14-7-15-12)11-5-8-3-1-2-4-10(8)16-11/h1-7H. The van der Waals surface area contributed by atoms with Crippen LogP contribution in [0.4, 0.5) is 0 Å². The van der Waals surface area contributed by atoms with E-state index < -0.39 is 0 Å². The first-order valence-electron chi connectivity index (χ1n) is 4.79. The van der Waals surface area contributed by atoms with E-state index in [-0.39, 0.29) is 0 Å². The van der Waals surface area contributed by atoms with Crippen molar-refractivity contribution < 1.29 is 4.42 Å². The van der Waals surface area contributed by atoms with Crippen molar-refractivity contribution >= 4 is 22.6 Å². The van der Waals surface area contributed by atoms with E-state index in [2.05, 4.69) is 9.97 Å². The molecule has 1 aromatic carbocycles. The highest BCUT2D eigenvalue weighted by molar-refractivity contribution is 6.31. The van der Waals surface area contributed by atoms with E-state index in [1.54, 1.807) is 6.20 Å². The maximum absolute atomic E-state index is 5.98. The van der Waals surface area contributed by atoms with Crippen LogP contribution in [0.3, 0.4) is 0 Å². The van der Waals surface area contributed by atoms with Gasteiger partial charge in [-0.3, -0.25) is 0 Å². The number of aromatic nitrogens is 2. The number of furan rings is 1. The Kier molecular flexibility index (Phi) is 2.11. The molecular formula is C12H7ClN2O. The van der Waals surface area contributed by atoms with Crippen LogP contribution in [-0.2, 0) is 0 Å². The van der Waals surface area contributed by atoms with Gasteiger partial charge in [0.05, 0.1) is 5.56 Å². The lowest BCUT2D eigenvalue weighted by Gasteiger charge is -1.96. The van der Waals surface area contributed by atoms with E-state index in [1.165, 1.54) is 6.33 Å². The number of nitrogens with zero attached hydrogens (tertiary/aromatic N) is 2. The van der Waals surface area contributed by atoms with Gasteiger partial charge in [0.2, 0.25) is 0 Å². The number of para-hydroxylation sites is 1. The second-order valence-corrected chi connectivity index (χ2v) is 3.73. The quantitative estimate of drug-likeness (QED) is 0.600. The van der Waals surface area contributed by atoms with Gasteiger partial charge in [0, 0.05) is 11.6 Å². The normalized spacial score (nSPS) is 10.8. The van der Waals surface area contributed by atoms with E-state index in [9.17, 15) is 0 Å². The van der Waals surface area contributed by atoms with Crippen LogP contribution < -0.4 is 0 Å². The Hall–Kier alpha value is -1.87. The van der Waals surface area contributed by atoms with Gasteiger partial charge in [0.1, 0.15) is 22.8 Å². The van der Waals surface area contributed by atoms with Crippen molar-refractivity contribution in [3.63, 3.8) is 0 Å². The van der Waals surface area contributed by atoms with E-state index in [1.807, 2.05) is 30.3 Å². The first kappa shape index (κ1) is 9.36. The summed E-state index contributed by atoms with van der Waals surface area (Å²) in [4.78, 5) is 7.86. The van der Waals surface area contributed by atoms with E-state index in [0.29, 0.717) is 16.5 Å². The molecule has 0 amide bonds. The molecule has 4 heteroatoms. The summed E-state index contributed by atoms with van der Waals surface area (Å²) in [6.45, 7) is 0. The van der Waals surface area contributed by atoms with Gasteiger partial charge in [-0.1, -0.05) is 29.8 Å². The van der Waals surface area contributed by atoms with Gasteiger partial charge in [0.15, 0.2) is 0 Å². The highest BCUT2D eigenvalue weighted by Gasteiger charge is 2.09. The minimum absolute atomic E-state index is 0.397. The molecule has 0 bridgehead atoms. The molecule has 0 atom stereocenters. The monoisotopic (exact) mass is 230 g/mol. The lowest BCUT2D eigenvalue weighted by Crippen LogP contribution is -1.82. The molecule has 3 aromatic rings. The zero-order chi connectivity index (χ0) is 11.0. The van der Waals surface area contributed by atoms with Gasteiger partial charge < -0.3 is 4.42 Å². The molecule has 0 saturated carbocycles. The van der Waals surface area contributed by atoms with Crippen molar-refractivity contribution in [3.05, 3.63) is 48.0 Å². The second kappa shape index (κ2) is 3.61. The first-order valence-corrected chi connectivity index (χ1v) is 5.17. The minimum Gasteiger partial charge on any atom is -0.456 e. The summed E-state index contributed by atoms with van der Waals surface area (Å²) >= 11 is 5.98. The number of fused-ring (bicyclic) bond motifs is 1. The SMILES string of the molecule is Clc1ncncc1-c1cc2ccccc2o1. The molecule has 16 heavy (non-hydrogen) atoms. The molecule has 0 spiro atoms. The maximum Gasteiger partial charge on any atom is 0.143 e. The largest absolute Gasteiger partial charge is 0.456 e. The fourth-order valence-corrected chi connectivity index (χ4v) is 1.78. The predicted octanol–water partition coefficient (Wildman–Crippen LogP) is 3.54. The van der Waals surface area contributed by atoms with Crippen molar-refractivity contribution in [2.75, 3.05) is 0 Å². The molecule has 0 aliphatic rings. The van der Waals surface area contributed by atoms with Gasteiger partial charge in [0.25, 0.3) is 0 Å². The topological polar surface area (TPSA) is 38.9 Å². The number of benzene rings is 1. The third-order valence-electron chi connectivity index (χ3n) is 2.35. The minimum atomic E-state index is 0.397. The summed E-state index contributed by atoms with van der Waals surface area (Å²) in [5, 5.41) is 1.44. The van der Waals surface area contributed by atoms with Crippen molar-refractivity contribution in [1.82, 2.24) is 9.97 Å². The highest BCUT2D eigenvalue weighted by Crippen LogP contribution is 2.30. The molecular weight excluding hydrogens is 224 g/mol. The summed E-state index contributed by atoms with van der Waals surface area (Å²) in [6.07, 6.45) is 3.06. The second-order valence-electron chi connectivity index (χ2n) is 3.38. The van der Waals surface area contributed by atoms with Crippen molar-refractivity contribution in [3.8, 4) is 11.3 Å². The van der Waals surface area contributed by atoms with E-state index in [0.717, 1.165) is 11.0 Å². The van der Waals surface area contributed by atoms with Gasteiger partial charge in [-0.15, -0.1) is 0 Å². The molecule has 0 unspecified atom stereocenters. The Bertz CT molecular complexity index is 615. The average molecular weight is 231 g/mol. The van der Waals surface area contributed by atoms with Gasteiger partial charge in [-0.25, -0.2) is 9.97 Å². The summed E-state index contributed by atoms with van der Waals surface area (Å²) in [6, 6.07) is 9.72. The number of hydrogen-bond donors (Lipinski definition) is 0. The Morgan fingerprint density at radius 3 is 2.88 bits per heavy atom. The van der Waals surface area contributed by atoms with Crippen molar-refractivity contribution in [2.24, 2.45) is 0 Å². The number of hydrogen-bond acceptors (Lipinski definition) is 3. The lowest BCUT2D eigenvalue weighted by molar-refractivity contribution is 0.631. The first-order chi connectivity index (χ1) is 7.84. The molecule has 0 radical (unpaired) electrons. The summed E-state index contributed by atoms with van der Waals surface area (Å²) in [5.74, 6) is 0.687. The molecule has 0 aliphatic heterocycles. The molecule has 3 rings (SSSR count). The fourth-order valence-electron chi connectivity index (χ4n) is 1.59. The molecule has 2 heterocycles. The van der Waals surface area contributed by atoms with Crippen LogP contribution in [0, 0.1) is 0 Å². The Morgan fingerprint density at radius 2 is 2.06 bits per heavy atom. The van der Waals surface area contributed by atoms with Crippen molar-refractivity contribution in [1.29, 1.82) is 0 Å². The van der Waals surface area contributed by atoms with Crippen LogP contribution in [0.5, 0.6) is 0 Å². The van der Waals surface area contributed by atoms with Gasteiger partial charge >= 0.3 is 0 Å². The molecule has 0 aliphatic carbocycles. The van der Waals surface area contributed by atoms with Crippen LogP contribution in [0.25, 0.3) is 22.3 Å². The Labute approximate surface area is 96.7 Å². The highest BCUT2D eigenvalue weighted by atomic mass is 35.5. The lowest BCUT2D eigenvalue weighted by atomic mass is 10.2. The van der Waals surface area contributed by atoms with Crippen LogP contribution in [-0.4, -0.2) is 9.97 Å². The molecule has 0 N–H and O–H groups in total. The molecule has 0 fully saturated rings. The summed E-state index contributed by atoms with van der Waals surface area (Å²) in [7, 11) is 0. The van der Waals surface area contributed by atoms with Gasteiger partial charge in [-0.05, 0) is 12.1 Å². The number of rotatable bonds is 1. The zero-order valence-electron chi connectivity index (χ0n) is 8.22. The summed E-state index contributed by atoms with van der Waals surface area (Å²) in [5.41, 5.74) is 1.54. The van der Waals surface area contributed by atoms with Crippen LogP contribution >= 0.6 is 11.6 Å². The average Bonchev–Trinajstić information content (AvgIpc) is 2.73. The zero-order valence-corrected chi connectivity index (χ0v) is 8.98. The Balaban J connectivity index is 2.23.